The Morgan fingerprint density at radius 3 is 1.03 bits per heavy atom. The number of hydrogen-bond donors (Lipinski definition) is 0. The van der Waals surface area contributed by atoms with E-state index in [1.54, 1.807) is 12.4 Å². The number of aromatic nitrogens is 10. The van der Waals surface area contributed by atoms with Crippen molar-refractivity contribution in [3.63, 3.8) is 0 Å². The SMILES string of the molecule is c1ccc(-c2nc(-c3cccc(-n4c5ccccc5c5cc(-c6ccc7c(c6)c6ccccc6n7-c6cccc(-c7nc(-c8ccccc8)nc(-c8ccccn8)n7)c6)ccc54)c3)nc(-c3ccccn3)n2)cc1. The van der Waals surface area contributed by atoms with Gasteiger partial charge in [-0.25, -0.2) is 29.9 Å². The Hall–Kier alpha value is -10.3. The number of fused-ring (bicyclic) bond motifs is 6. The van der Waals surface area contributed by atoms with E-state index in [2.05, 4.69) is 153 Å². The molecule has 0 radical (unpaired) electrons. The smallest absolute Gasteiger partial charge is 0.182 e. The van der Waals surface area contributed by atoms with Gasteiger partial charge in [0.2, 0.25) is 0 Å². The summed E-state index contributed by atoms with van der Waals surface area (Å²) in [4.78, 5) is 38.9. The predicted molar refractivity (Wildman–Crippen MR) is 296 cm³/mol. The number of para-hydroxylation sites is 2. The van der Waals surface area contributed by atoms with Crippen LogP contribution in [-0.4, -0.2) is 49.0 Å². The first-order chi connectivity index (χ1) is 36.7. The molecule has 0 unspecified atom stereocenters. The lowest BCUT2D eigenvalue weighted by atomic mass is 10.0. The molecular formula is C64H40N10. The van der Waals surface area contributed by atoms with Crippen molar-refractivity contribution in [2.45, 2.75) is 0 Å². The molecule has 0 amide bonds. The molecule has 0 saturated carbocycles. The highest BCUT2D eigenvalue weighted by atomic mass is 15.1. The summed E-state index contributed by atoms with van der Waals surface area (Å²) in [7, 11) is 0. The Morgan fingerprint density at radius 2 is 0.595 bits per heavy atom. The zero-order valence-corrected chi connectivity index (χ0v) is 39.6. The van der Waals surface area contributed by atoms with E-state index in [0.29, 0.717) is 46.3 Å². The second-order valence-electron chi connectivity index (χ2n) is 18.0. The Kier molecular flexibility index (Phi) is 10.2. The number of rotatable bonds is 9. The highest BCUT2D eigenvalue weighted by Crippen LogP contribution is 2.39. The fourth-order valence-electron chi connectivity index (χ4n) is 10.1. The van der Waals surface area contributed by atoms with Crippen LogP contribution >= 0.6 is 0 Å². The number of pyridine rings is 2. The first kappa shape index (κ1) is 42.5. The molecule has 0 spiro atoms. The lowest BCUT2D eigenvalue weighted by Gasteiger charge is -2.12. The van der Waals surface area contributed by atoms with Gasteiger partial charge in [-0.3, -0.25) is 9.97 Å². The van der Waals surface area contributed by atoms with E-state index in [0.717, 1.165) is 88.4 Å². The van der Waals surface area contributed by atoms with E-state index in [-0.39, 0.29) is 0 Å². The summed E-state index contributed by atoms with van der Waals surface area (Å²) in [6.45, 7) is 0. The van der Waals surface area contributed by atoms with Gasteiger partial charge in [0.15, 0.2) is 34.9 Å². The van der Waals surface area contributed by atoms with Crippen LogP contribution in [0.3, 0.4) is 0 Å². The molecule has 14 aromatic rings. The molecule has 0 bridgehead atoms. The zero-order chi connectivity index (χ0) is 49.0. The van der Waals surface area contributed by atoms with Gasteiger partial charge in [-0.05, 0) is 96.1 Å². The highest BCUT2D eigenvalue weighted by molar-refractivity contribution is 6.12. The average Bonchev–Trinajstić information content (AvgIpc) is 4.02. The summed E-state index contributed by atoms with van der Waals surface area (Å²) >= 11 is 0. The van der Waals surface area contributed by atoms with Gasteiger partial charge in [0.25, 0.3) is 0 Å². The maximum absolute atomic E-state index is 5.02. The van der Waals surface area contributed by atoms with Crippen LogP contribution in [0.4, 0.5) is 0 Å². The molecule has 6 heterocycles. The van der Waals surface area contributed by atoms with Gasteiger partial charge >= 0.3 is 0 Å². The average molecular weight is 949 g/mol. The zero-order valence-electron chi connectivity index (χ0n) is 39.6. The Bertz CT molecular complexity index is 4020. The molecule has 6 aromatic heterocycles. The Morgan fingerprint density at radius 1 is 0.230 bits per heavy atom. The van der Waals surface area contributed by atoms with Crippen molar-refractivity contribution in [1.29, 1.82) is 0 Å². The predicted octanol–water partition coefficient (Wildman–Crippen LogP) is 14.7. The molecule has 0 fully saturated rings. The van der Waals surface area contributed by atoms with Gasteiger partial charge in [-0.15, -0.1) is 0 Å². The molecule has 346 valence electrons. The van der Waals surface area contributed by atoms with Gasteiger partial charge in [0, 0.05) is 67.6 Å². The third-order valence-corrected chi connectivity index (χ3v) is 13.5. The van der Waals surface area contributed by atoms with Crippen LogP contribution in [0.1, 0.15) is 0 Å². The van der Waals surface area contributed by atoms with Crippen molar-refractivity contribution in [3.8, 4) is 91.1 Å². The molecule has 0 aliphatic rings. The normalized spacial score (nSPS) is 11.5. The summed E-state index contributed by atoms with van der Waals surface area (Å²) < 4.78 is 4.67. The van der Waals surface area contributed by atoms with Gasteiger partial charge < -0.3 is 9.13 Å². The van der Waals surface area contributed by atoms with E-state index in [9.17, 15) is 0 Å². The third kappa shape index (κ3) is 7.53. The van der Waals surface area contributed by atoms with Crippen molar-refractivity contribution in [2.75, 3.05) is 0 Å². The van der Waals surface area contributed by atoms with Crippen LogP contribution in [0.25, 0.3) is 135 Å². The summed E-state index contributed by atoms with van der Waals surface area (Å²) in [6, 6.07) is 79.3. The standard InChI is InChI=1S/C64H40N10/c1-3-17-41(18-4-1)59-67-61(71-63(69-59)53-27-11-13-35-65-53)45-21-15-23-47(37-45)73-55-29-9-7-25-49(55)51-39-43(31-33-57(51)73)44-32-34-58-52(40-44)50-26-8-10-30-56(50)74(58)48-24-16-22-46(38-48)62-68-60(42-19-5-2-6-20-42)70-64(72-62)54-28-12-14-36-66-54/h1-40H. The number of benzene rings is 8. The van der Waals surface area contributed by atoms with Crippen LogP contribution in [0.15, 0.2) is 243 Å². The molecule has 14 rings (SSSR count). The fourth-order valence-corrected chi connectivity index (χ4v) is 10.1. The molecule has 0 saturated heterocycles. The highest BCUT2D eigenvalue weighted by Gasteiger charge is 2.20. The lowest BCUT2D eigenvalue weighted by Crippen LogP contribution is -2.01. The van der Waals surface area contributed by atoms with Crippen LogP contribution < -0.4 is 0 Å². The molecule has 0 N–H and O–H groups in total. The quantitative estimate of drug-likeness (QED) is 0.141. The van der Waals surface area contributed by atoms with E-state index in [1.165, 1.54) is 0 Å². The Balaban J connectivity index is 0.856. The van der Waals surface area contributed by atoms with Crippen LogP contribution in [0, 0.1) is 0 Å². The van der Waals surface area contributed by atoms with Crippen LogP contribution in [0.5, 0.6) is 0 Å². The van der Waals surface area contributed by atoms with E-state index in [1.807, 2.05) is 97.1 Å². The summed E-state index contributed by atoms with van der Waals surface area (Å²) in [5, 5.41) is 4.65. The van der Waals surface area contributed by atoms with Crippen LogP contribution in [-0.2, 0) is 0 Å². The largest absolute Gasteiger partial charge is 0.309 e. The molecule has 10 nitrogen and oxygen atoms in total. The van der Waals surface area contributed by atoms with E-state index >= 15 is 0 Å². The van der Waals surface area contributed by atoms with Gasteiger partial charge in [0.05, 0.1) is 22.1 Å². The minimum Gasteiger partial charge on any atom is -0.309 e. The van der Waals surface area contributed by atoms with Gasteiger partial charge in [0.1, 0.15) is 11.4 Å². The van der Waals surface area contributed by atoms with Crippen molar-refractivity contribution >= 4 is 43.6 Å². The maximum atomic E-state index is 5.02. The molecule has 10 heteroatoms. The molecule has 8 aromatic carbocycles. The van der Waals surface area contributed by atoms with E-state index in [4.69, 9.17) is 29.9 Å². The summed E-state index contributed by atoms with van der Waals surface area (Å²) in [5.74, 6) is 3.37. The van der Waals surface area contributed by atoms with Crippen molar-refractivity contribution in [1.82, 2.24) is 49.0 Å². The van der Waals surface area contributed by atoms with Gasteiger partial charge in [-0.2, -0.15) is 0 Å². The van der Waals surface area contributed by atoms with Crippen molar-refractivity contribution in [2.24, 2.45) is 0 Å². The first-order valence-electron chi connectivity index (χ1n) is 24.4. The minimum atomic E-state index is 0.520. The molecule has 74 heavy (non-hydrogen) atoms. The van der Waals surface area contributed by atoms with Crippen molar-refractivity contribution < 1.29 is 0 Å². The molecule has 0 atom stereocenters. The van der Waals surface area contributed by atoms with Crippen LogP contribution in [0.2, 0.25) is 0 Å². The summed E-state index contributed by atoms with van der Waals surface area (Å²) in [5.41, 5.74) is 13.6. The minimum absolute atomic E-state index is 0.520. The van der Waals surface area contributed by atoms with Gasteiger partial charge in [-0.1, -0.05) is 146 Å². The topological polar surface area (TPSA) is 113 Å². The van der Waals surface area contributed by atoms with E-state index < -0.39 is 0 Å². The Labute approximate surface area is 424 Å². The second kappa shape index (κ2) is 17.8. The third-order valence-electron chi connectivity index (χ3n) is 13.5. The first-order valence-corrected chi connectivity index (χ1v) is 24.4. The number of nitrogens with zero attached hydrogens (tertiary/aromatic N) is 10. The summed E-state index contributed by atoms with van der Waals surface area (Å²) in [6.07, 6.45) is 3.52. The molecule has 0 aliphatic carbocycles. The molecule has 0 aliphatic heterocycles. The van der Waals surface area contributed by atoms with Crippen molar-refractivity contribution in [3.05, 3.63) is 243 Å². The molecular weight excluding hydrogens is 909 g/mol. The maximum Gasteiger partial charge on any atom is 0.182 e. The second-order valence-corrected chi connectivity index (χ2v) is 18.0. The fraction of sp³-hybridized carbons (Fsp3) is 0. The number of hydrogen-bond acceptors (Lipinski definition) is 8. The lowest BCUT2D eigenvalue weighted by molar-refractivity contribution is 1.06. The monoisotopic (exact) mass is 948 g/mol.